The van der Waals surface area contributed by atoms with Gasteiger partial charge >= 0.3 is 11.4 Å². The monoisotopic (exact) mass is 329 g/mol. The minimum absolute atomic E-state index is 0.223. The van der Waals surface area contributed by atoms with Gasteiger partial charge in [-0.3, -0.25) is 14.9 Å². The summed E-state index contributed by atoms with van der Waals surface area (Å²) in [5.41, 5.74) is -0.290. The van der Waals surface area contributed by atoms with Crippen molar-refractivity contribution in [1.82, 2.24) is 0 Å². The molecule has 0 heterocycles. The van der Waals surface area contributed by atoms with E-state index in [0.29, 0.717) is 0 Å². The third-order valence-electron chi connectivity index (χ3n) is 2.14. The van der Waals surface area contributed by atoms with Gasteiger partial charge in [0.2, 0.25) is 0 Å². The van der Waals surface area contributed by atoms with Gasteiger partial charge in [0.05, 0.1) is 11.3 Å². The van der Waals surface area contributed by atoms with Crippen LogP contribution in [0.25, 0.3) is 0 Å². The van der Waals surface area contributed by atoms with Crippen LogP contribution in [0, 0.1) is 10.1 Å². The van der Waals surface area contributed by atoms with Crippen molar-refractivity contribution in [2.45, 2.75) is 24.1 Å². The fourth-order valence-corrected chi connectivity index (χ4v) is 1.57. The third-order valence-corrected chi connectivity index (χ3v) is 2.27. The fourth-order valence-electron chi connectivity index (χ4n) is 1.37. The maximum Gasteiger partial charge on any atom is 0.327 e. The zero-order valence-corrected chi connectivity index (χ0v) is 10.9. The first kappa shape index (κ1) is 17.2. The van der Waals surface area contributed by atoms with Gasteiger partial charge in [-0.25, -0.2) is 8.78 Å². The molecule has 0 bridgehead atoms. The maximum absolute atomic E-state index is 13.1. The van der Waals surface area contributed by atoms with E-state index in [1.165, 1.54) is 0 Å². The summed E-state index contributed by atoms with van der Waals surface area (Å²) in [6, 6.07) is 4.02. The van der Waals surface area contributed by atoms with Crippen molar-refractivity contribution in [1.29, 1.82) is 0 Å². The number of non-ortho nitro benzene ring substituents is 1. The number of nitro benzene ring substituents is 1. The highest BCUT2D eigenvalue weighted by Crippen LogP contribution is 2.35. The Bertz CT molecular complexity index is 530. The highest BCUT2D eigenvalue weighted by Gasteiger charge is 2.43. The van der Waals surface area contributed by atoms with Gasteiger partial charge in [-0.15, -0.1) is 0 Å². The van der Waals surface area contributed by atoms with E-state index >= 15 is 0 Å². The molecule has 0 radical (unpaired) electrons. The number of hydrogen-bond acceptors (Lipinski definition) is 4. The number of benzene rings is 1. The standard InChI is InChI=1S/C11H8ClF4NO4/c12-11(15,16)6-10(13,14)5-9(18)21-8-3-1-7(2-4-8)17(19)20/h1-4H,5-6H2. The summed E-state index contributed by atoms with van der Waals surface area (Å²) < 4.78 is 55.2. The molecule has 0 N–H and O–H groups in total. The number of alkyl halides is 5. The van der Waals surface area contributed by atoms with Gasteiger partial charge in [0, 0.05) is 12.1 Å². The van der Waals surface area contributed by atoms with E-state index in [2.05, 4.69) is 16.3 Å². The Morgan fingerprint density at radius 2 is 1.76 bits per heavy atom. The number of carbonyl (C=O) groups is 1. The first-order valence-electron chi connectivity index (χ1n) is 5.38. The smallest absolute Gasteiger partial charge is 0.327 e. The number of rotatable bonds is 6. The van der Waals surface area contributed by atoms with Crippen LogP contribution >= 0.6 is 11.6 Å². The van der Waals surface area contributed by atoms with Crippen LogP contribution < -0.4 is 4.74 Å². The topological polar surface area (TPSA) is 69.4 Å². The summed E-state index contributed by atoms with van der Waals surface area (Å²) in [7, 11) is 0. The fraction of sp³-hybridized carbons (Fsp3) is 0.364. The molecular formula is C11H8ClF4NO4. The molecule has 0 aromatic heterocycles. The molecule has 1 rings (SSSR count). The molecule has 0 unspecified atom stereocenters. The van der Waals surface area contributed by atoms with Gasteiger partial charge in [0.15, 0.2) is 0 Å². The first-order chi connectivity index (χ1) is 9.48. The Kier molecular flexibility index (Phi) is 5.10. The SMILES string of the molecule is O=C(CC(F)(F)CC(F)(F)Cl)Oc1ccc([N+](=O)[O-])cc1. The van der Waals surface area contributed by atoms with E-state index < -0.39 is 35.0 Å². The van der Waals surface area contributed by atoms with Crippen LogP contribution in [-0.4, -0.2) is 22.2 Å². The zero-order chi connectivity index (χ0) is 16.3. The van der Waals surface area contributed by atoms with Crippen molar-refractivity contribution in [3.63, 3.8) is 0 Å². The number of halogens is 5. The highest BCUT2D eigenvalue weighted by molar-refractivity contribution is 6.21. The minimum Gasteiger partial charge on any atom is -0.426 e. The van der Waals surface area contributed by atoms with Crippen LogP contribution in [0.15, 0.2) is 24.3 Å². The lowest BCUT2D eigenvalue weighted by molar-refractivity contribution is -0.384. The molecule has 0 atom stereocenters. The van der Waals surface area contributed by atoms with Crippen molar-refractivity contribution in [3.8, 4) is 5.75 Å². The zero-order valence-electron chi connectivity index (χ0n) is 10.2. The van der Waals surface area contributed by atoms with Gasteiger partial charge < -0.3 is 4.74 Å². The van der Waals surface area contributed by atoms with Crippen LogP contribution in [0.2, 0.25) is 0 Å². The molecule has 1 aromatic carbocycles. The molecule has 0 saturated heterocycles. The Hall–Kier alpha value is -1.90. The molecule has 10 heteroatoms. The van der Waals surface area contributed by atoms with Crippen LogP contribution in [-0.2, 0) is 4.79 Å². The van der Waals surface area contributed by atoms with Crippen molar-refractivity contribution in [2.24, 2.45) is 0 Å². The summed E-state index contributed by atoms with van der Waals surface area (Å²) in [6.07, 6.45) is -3.59. The Morgan fingerprint density at radius 3 is 2.19 bits per heavy atom. The lowest BCUT2D eigenvalue weighted by Gasteiger charge is -2.17. The lowest BCUT2D eigenvalue weighted by atomic mass is 10.2. The van der Waals surface area contributed by atoms with Crippen molar-refractivity contribution >= 4 is 23.3 Å². The Balaban J connectivity index is 2.63. The minimum atomic E-state index is -4.14. The molecule has 0 spiro atoms. The second kappa shape index (κ2) is 6.25. The Morgan fingerprint density at radius 1 is 1.24 bits per heavy atom. The van der Waals surface area contributed by atoms with Gasteiger partial charge in [0.25, 0.3) is 11.6 Å². The largest absolute Gasteiger partial charge is 0.426 e. The van der Waals surface area contributed by atoms with E-state index in [0.717, 1.165) is 24.3 Å². The van der Waals surface area contributed by atoms with Crippen molar-refractivity contribution in [3.05, 3.63) is 34.4 Å². The average molecular weight is 330 g/mol. The van der Waals surface area contributed by atoms with Crippen LogP contribution in [0.5, 0.6) is 5.75 Å². The lowest BCUT2D eigenvalue weighted by Crippen LogP contribution is -2.29. The molecule has 0 amide bonds. The second-order valence-corrected chi connectivity index (χ2v) is 4.60. The summed E-state index contributed by atoms with van der Waals surface area (Å²) >= 11 is 4.38. The third kappa shape index (κ3) is 6.39. The first-order valence-corrected chi connectivity index (χ1v) is 5.76. The molecule has 0 fully saturated rings. The predicted molar refractivity (Wildman–Crippen MR) is 63.7 cm³/mol. The van der Waals surface area contributed by atoms with E-state index in [-0.39, 0.29) is 11.4 Å². The number of nitro groups is 1. The van der Waals surface area contributed by atoms with Crippen LogP contribution in [0.3, 0.4) is 0 Å². The Labute approximate surface area is 120 Å². The van der Waals surface area contributed by atoms with Crippen LogP contribution in [0.4, 0.5) is 23.2 Å². The summed E-state index contributed by atoms with van der Waals surface area (Å²) in [5.74, 6) is -5.72. The number of hydrogen-bond donors (Lipinski definition) is 0. The summed E-state index contributed by atoms with van der Waals surface area (Å²) in [6.45, 7) is 0. The molecule has 0 aliphatic carbocycles. The molecule has 21 heavy (non-hydrogen) atoms. The molecular weight excluding hydrogens is 322 g/mol. The molecule has 0 aliphatic heterocycles. The molecule has 116 valence electrons. The van der Waals surface area contributed by atoms with Gasteiger partial charge in [0.1, 0.15) is 12.2 Å². The average Bonchev–Trinajstić information content (AvgIpc) is 2.24. The van der Waals surface area contributed by atoms with E-state index in [9.17, 15) is 32.5 Å². The van der Waals surface area contributed by atoms with Crippen molar-refractivity contribution < 1.29 is 32.0 Å². The number of nitrogens with zero attached hydrogens (tertiary/aromatic N) is 1. The maximum atomic E-state index is 13.1. The van der Waals surface area contributed by atoms with Gasteiger partial charge in [-0.05, 0) is 23.7 Å². The molecule has 0 saturated carbocycles. The van der Waals surface area contributed by atoms with E-state index in [1.54, 1.807) is 0 Å². The molecule has 1 aromatic rings. The summed E-state index contributed by atoms with van der Waals surface area (Å²) in [4.78, 5) is 20.9. The van der Waals surface area contributed by atoms with E-state index in [4.69, 9.17) is 0 Å². The van der Waals surface area contributed by atoms with Gasteiger partial charge in [-0.2, -0.15) is 8.78 Å². The second-order valence-electron chi connectivity index (χ2n) is 4.05. The van der Waals surface area contributed by atoms with E-state index in [1.807, 2.05) is 0 Å². The van der Waals surface area contributed by atoms with Gasteiger partial charge in [-0.1, -0.05) is 0 Å². The highest BCUT2D eigenvalue weighted by atomic mass is 35.5. The predicted octanol–water partition coefficient (Wildman–Crippen LogP) is 3.75. The normalized spacial score (nSPS) is 12.0. The molecule has 5 nitrogen and oxygen atoms in total. The molecule has 0 aliphatic rings. The number of carbonyl (C=O) groups excluding carboxylic acids is 1. The summed E-state index contributed by atoms with van der Waals surface area (Å²) in [5, 5.41) is 6.23. The number of ether oxygens (including phenoxy) is 1. The quantitative estimate of drug-likeness (QED) is 0.199. The number of esters is 1. The van der Waals surface area contributed by atoms with Crippen LogP contribution in [0.1, 0.15) is 12.8 Å². The van der Waals surface area contributed by atoms with Crippen molar-refractivity contribution in [2.75, 3.05) is 0 Å².